The van der Waals surface area contributed by atoms with Crippen molar-refractivity contribution in [2.45, 2.75) is 34.3 Å². The maximum absolute atomic E-state index is 8.89. The van der Waals surface area contributed by atoms with Crippen LogP contribution in [-0.2, 0) is 21.8 Å². The van der Waals surface area contributed by atoms with Crippen LogP contribution in [0.2, 0.25) is 0 Å². The first kappa shape index (κ1) is 22.4. The van der Waals surface area contributed by atoms with E-state index in [0.717, 1.165) is 0 Å². The van der Waals surface area contributed by atoms with E-state index in [1.807, 2.05) is 0 Å². The number of ether oxygens (including phenoxy) is 1. The van der Waals surface area contributed by atoms with Crippen molar-refractivity contribution in [2.24, 2.45) is 0 Å². The first-order valence-corrected chi connectivity index (χ1v) is 2.27. The van der Waals surface area contributed by atoms with E-state index in [4.69, 9.17) is 5.11 Å². The molecule has 0 rings (SSSR count). The van der Waals surface area contributed by atoms with Crippen molar-refractivity contribution in [3.05, 3.63) is 0 Å². The molecule has 0 saturated carbocycles. The van der Waals surface area contributed by atoms with E-state index in [0.29, 0.717) is 6.61 Å². The van der Waals surface area contributed by atoms with Crippen molar-refractivity contribution in [3.8, 4) is 0 Å². The van der Waals surface area contributed by atoms with Crippen molar-refractivity contribution in [2.75, 3.05) is 13.7 Å². The minimum atomic E-state index is -0.672. The summed E-state index contributed by atoms with van der Waals surface area (Å²) < 4.78 is 4.66. The molecule has 0 aromatic carbocycles. The van der Waals surface area contributed by atoms with E-state index >= 15 is 0 Å². The molecule has 0 spiro atoms. The number of rotatable bonds is 2. The van der Waals surface area contributed by atoms with E-state index in [1.54, 1.807) is 21.0 Å². The molecule has 0 fully saturated rings. The Morgan fingerprint density at radius 1 is 1.30 bits per heavy atom. The summed E-state index contributed by atoms with van der Waals surface area (Å²) in [6.45, 7) is 3.81. The average molecular weight is 192 g/mol. The van der Waals surface area contributed by atoms with Crippen molar-refractivity contribution < 1.29 is 26.9 Å². The fourth-order valence-corrected chi connectivity index (χ4v) is 0.353. The molecule has 0 aliphatic rings. The average Bonchev–Trinajstić information content (AvgIpc) is 1.30. The molecule has 0 radical (unpaired) electrons. The Labute approximate surface area is 75.4 Å². The smallest absolute Gasteiger partial charge is 0.0824 e. The van der Waals surface area contributed by atoms with Crippen LogP contribution in [0.1, 0.15) is 28.7 Å². The molecule has 3 heteroatoms. The third-order valence-corrected chi connectivity index (χ3v) is 0.498. The first-order valence-electron chi connectivity index (χ1n) is 2.27. The predicted molar refractivity (Wildman–Crippen MR) is 41.6 cm³/mol. The van der Waals surface area contributed by atoms with Crippen LogP contribution < -0.4 is 0 Å². The van der Waals surface area contributed by atoms with Gasteiger partial charge in [0, 0.05) is 24.2 Å². The van der Waals surface area contributed by atoms with Gasteiger partial charge >= 0.3 is 0 Å². The Morgan fingerprint density at radius 3 is 1.60 bits per heavy atom. The van der Waals surface area contributed by atoms with E-state index in [9.17, 15) is 0 Å². The van der Waals surface area contributed by atoms with Crippen LogP contribution in [0.4, 0.5) is 0 Å². The molecule has 0 bridgehead atoms. The standard InChI is InChI=1S/C5H12O2.2CH4.Fe/c1-5(2,6)4-7-3;;;/h6H,4H2,1-3H3;2*1H4;. The molecule has 10 heavy (non-hydrogen) atoms. The maximum atomic E-state index is 8.89. The van der Waals surface area contributed by atoms with Gasteiger partial charge in [-0.1, -0.05) is 14.9 Å². The van der Waals surface area contributed by atoms with E-state index in [-0.39, 0.29) is 31.9 Å². The number of hydrogen-bond acceptors (Lipinski definition) is 2. The fraction of sp³-hybridized carbons (Fsp3) is 1.00. The van der Waals surface area contributed by atoms with Crippen LogP contribution in [0, 0.1) is 0 Å². The van der Waals surface area contributed by atoms with E-state index in [1.165, 1.54) is 0 Å². The summed E-state index contributed by atoms with van der Waals surface area (Å²) in [6, 6.07) is 0. The molecular formula is C7H20FeO2. The Kier molecular flexibility index (Phi) is 21.2. The number of aliphatic hydroxyl groups is 1. The molecule has 0 aromatic rings. The molecule has 68 valence electrons. The summed E-state index contributed by atoms with van der Waals surface area (Å²) >= 11 is 0. The van der Waals surface area contributed by atoms with Gasteiger partial charge < -0.3 is 9.84 Å². The molecule has 0 atom stereocenters. The molecule has 2 nitrogen and oxygen atoms in total. The molecule has 1 N–H and O–H groups in total. The fourth-order valence-electron chi connectivity index (χ4n) is 0.353. The van der Waals surface area contributed by atoms with Gasteiger partial charge in [-0.2, -0.15) is 0 Å². The van der Waals surface area contributed by atoms with E-state index in [2.05, 4.69) is 4.74 Å². The van der Waals surface area contributed by atoms with Crippen molar-refractivity contribution >= 4 is 0 Å². The second-order valence-corrected chi connectivity index (χ2v) is 2.25. The summed E-state index contributed by atoms with van der Waals surface area (Å²) in [5, 5.41) is 8.89. The Hall–Kier alpha value is 0.439. The largest absolute Gasteiger partial charge is 0.388 e. The zero-order chi connectivity index (χ0) is 5.91. The first-order chi connectivity index (χ1) is 3.06. The molecule has 0 aromatic heterocycles. The molecule has 0 aliphatic carbocycles. The summed E-state index contributed by atoms with van der Waals surface area (Å²) in [6.07, 6.45) is 0. The Balaban J connectivity index is -0.0000000600. The second kappa shape index (κ2) is 9.44. The molecule has 0 aliphatic heterocycles. The van der Waals surface area contributed by atoms with Gasteiger partial charge in [-0.05, 0) is 13.8 Å². The van der Waals surface area contributed by atoms with Gasteiger partial charge in [-0.15, -0.1) is 0 Å². The van der Waals surface area contributed by atoms with Crippen molar-refractivity contribution in [1.82, 2.24) is 0 Å². The summed E-state index contributed by atoms with van der Waals surface area (Å²) in [4.78, 5) is 0. The van der Waals surface area contributed by atoms with Crippen LogP contribution in [-0.4, -0.2) is 24.4 Å². The van der Waals surface area contributed by atoms with Gasteiger partial charge in [0.2, 0.25) is 0 Å². The summed E-state index contributed by atoms with van der Waals surface area (Å²) in [5.74, 6) is 0. The topological polar surface area (TPSA) is 29.5 Å². The summed E-state index contributed by atoms with van der Waals surface area (Å²) in [5.41, 5.74) is -0.672. The summed E-state index contributed by atoms with van der Waals surface area (Å²) in [7, 11) is 1.57. The third-order valence-electron chi connectivity index (χ3n) is 0.498. The van der Waals surface area contributed by atoms with Crippen molar-refractivity contribution in [1.29, 1.82) is 0 Å². The quantitative estimate of drug-likeness (QED) is 0.674. The zero-order valence-electron chi connectivity index (χ0n) is 5.42. The number of hydrogen-bond donors (Lipinski definition) is 1. The minimum Gasteiger partial charge on any atom is -0.388 e. The monoisotopic (exact) mass is 192 g/mol. The molecule has 0 saturated heterocycles. The van der Waals surface area contributed by atoms with Gasteiger partial charge in [-0.3, -0.25) is 0 Å². The van der Waals surface area contributed by atoms with Gasteiger partial charge in [0.05, 0.1) is 12.2 Å². The molecule has 0 heterocycles. The van der Waals surface area contributed by atoms with Gasteiger partial charge in [-0.25, -0.2) is 0 Å². The maximum Gasteiger partial charge on any atom is 0.0824 e. The second-order valence-electron chi connectivity index (χ2n) is 2.25. The van der Waals surface area contributed by atoms with Crippen molar-refractivity contribution in [3.63, 3.8) is 0 Å². The van der Waals surface area contributed by atoms with Crippen LogP contribution in [0.5, 0.6) is 0 Å². The van der Waals surface area contributed by atoms with Crippen LogP contribution in [0.15, 0.2) is 0 Å². The molecule has 0 unspecified atom stereocenters. The van der Waals surface area contributed by atoms with Gasteiger partial charge in [0.25, 0.3) is 0 Å². The predicted octanol–water partition coefficient (Wildman–Crippen LogP) is 1.67. The van der Waals surface area contributed by atoms with Gasteiger partial charge in [0.1, 0.15) is 0 Å². The van der Waals surface area contributed by atoms with Crippen LogP contribution >= 0.6 is 0 Å². The Morgan fingerprint density at radius 2 is 1.60 bits per heavy atom. The zero-order valence-corrected chi connectivity index (χ0v) is 6.52. The molecule has 0 amide bonds. The third kappa shape index (κ3) is 23.7. The van der Waals surface area contributed by atoms with Gasteiger partial charge in [0.15, 0.2) is 0 Å². The normalized spacial score (nSPS) is 8.40. The molecular weight excluding hydrogens is 172 g/mol. The van der Waals surface area contributed by atoms with Crippen LogP contribution in [0.25, 0.3) is 0 Å². The van der Waals surface area contributed by atoms with Crippen LogP contribution in [0.3, 0.4) is 0 Å². The number of methoxy groups -OCH3 is 1. The minimum absolute atomic E-state index is 0. The Bertz CT molecular complexity index is 50.1. The van der Waals surface area contributed by atoms with E-state index < -0.39 is 5.60 Å². The SMILES string of the molecule is C.C.COCC(C)(C)O.[Fe].